The van der Waals surface area contributed by atoms with Gasteiger partial charge in [0.2, 0.25) is 10.0 Å². The number of hydrogen-bond acceptors (Lipinski definition) is 4. The first-order valence-corrected chi connectivity index (χ1v) is 7.74. The van der Waals surface area contributed by atoms with Crippen molar-refractivity contribution in [3.8, 4) is 0 Å². The van der Waals surface area contributed by atoms with E-state index < -0.39 is 10.0 Å². The van der Waals surface area contributed by atoms with Crippen LogP contribution in [0.3, 0.4) is 0 Å². The predicted molar refractivity (Wildman–Crippen MR) is 75.6 cm³/mol. The Hall–Kier alpha value is -0.660. The monoisotopic (exact) mass is 306 g/mol. The maximum atomic E-state index is 12.1. The number of nitrogens with one attached hydrogen (secondary N) is 1. The lowest BCUT2D eigenvalue weighted by Crippen LogP contribution is -2.30. The number of benzene rings is 1. The molecule has 0 fully saturated rings. The van der Waals surface area contributed by atoms with Gasteiger partial charge in [0.1, 0.15) is 0 Å². The van der Waals surface area contributed by atoms with Gasteiger partial charge >= 0.3 is 0 Å². The maximum Gasteiger partial charge on any atom is 0.240 e. The molecule has 0 heterocycles. The van der Waals surface area contributed by atoms with E-state index in [0.29, 0.717) is 23.7 Å². The van der Waals surface area contributed by atoms with Crippen molar-refractivity contribution in [3.05, 3.63) is 28.8 Å². The Bertz CT molecular complexity index is 520. The molecule has 1 aromatic carbocycles. The van der Waals surface area contributed by atoms with E-state index in [4.69, 9.17) is 22.1 Å². The van der Waals surface area contributed by atoms with Crippen molar-refractivity contribution in [3.63, 3.8) is 0 Å². The molecule has 0 bridgehead atoms. The molecule has 5 nitrogen and oxygen atoms in total. The predicted octanol–water partition coefficient (Wildman–Crippen LogP) is 1.36. The summed E-state index contributed by atoms with van der Waals surface area (Å²) in [4.78, 5) is 0.138. The second-order valence-corrected chi connectivity index (χ2v) is 6.54. The number of hydrogen-bond donors (Lipinski definition) is 2. The van der Waals surface area contributed by atoms with Crippen LogP contribution < -0.4 is 10.5 Å². The summed E-state index contributed by atoms with van der Waals surface area (Å²) in [6.07, 6.45) is 0. The summed E-state index contributed by atoms with van der Waals surface area (Å²) in [6, 6.07) is 4.53. The summed E-state index contributed by atoms with van der Waals surface area (Å²) in [7, 11) is -1.97. The highest BCUT2D eigenvalue weighted by molar-refractivity contribution is 7.89. The maximum absolute atomic E-state index is 12.1. The molecule has 0 aliphatic rings. The molecule has 19 heavy (non-hydrogen) atoms. The number of rotatable bonds is 7. The van der Waals surface area contributed by atoms with Crippen LogP contribution in [0.1, 0.15) is 12.5 Å². The van der Waals surface area contributed by atoms with E-state index in [1.807, 2.05) is 6.92 Å². The average Bonchev–Trinajstić information content (AvgIpc) is 2.37. The SMILES string of the molecule is COCC(C)CNS(=O)(=O)c1ccc(CN)c(Cl)c1. The van der Waals surface area contributed by atoms with Crippen LogP contribution in [-0.2, 0) is 21.3 Å². The van der Waals surface area contributed by atoms with Gasteiger partial charge < -0.3 is 10.5 Å². The first-order chi connectivity index (χ1) is 8.90. The smallest absolute Gasteiger partial charge is 0.240 e. The van der Waals surface area contributed by atoms with Crippen molar-refractivity contribution in [1.29, 1.82) is 0 Å². The van der Waals surface area contributed by atoms with E-state index >= 15 is 0 Å². The van der Waals surface area contributed by atoms with Crippen LogP contribution in [-0.4, -0.2) is 28.7 Å². The van der Waals surface area contributed by atoms with Gasteiger partial charge in [-0.25, -0.2) is 13.1 Å². The Morgan fingerprint density at radius 1 is 1.47 bits per heavy atom. The molecule has 0 aromatic heterocycles. The minimum absolute atomic E-state index is 0.0959. The standard InChI is InChI=1S/C12H19ClN2O3S/c1-9(8-18-2)7-15-19(16,17)11-4-3-10(6-14)12(13)5-11/h3-5,9,15H,6-8,14H2,1-2H3. The van der Waals surface area contributed by atoms with Gasteiger partial charge in [-0.3, -0.25) is 0 Å². The van der Waals surface area contributed by atoms with Crippen molar-refractivity contribution in [2.45, 2.75) is 18.4 Å². The van der Waals surface area contributed by atoms with Crippen LogP contribution in [0.2, 0.25) is 5.02 Å². The van der Waals surface area contributed by atoms with Gasteiger partial charge in [-0.15, -0.1) is 0 Å². The van der Waals surface area contributed by atoms with E-state index in [9.17, 15) is 8.42 Å². The fraction of sp³-hybridized carbons (Fsp3) is 0.500. The van der Waals surface area contributed by atoms with Crippen LogP contribution in [0, 0.1) is 5.92 Å². The zero-order valence-corrected chi connectivity index (χ0v) is 12.6. The van der Waals surface area contributed by atoms with Gasteiger partial charge in [0.05, 0.1) is 4.90 Å². The molecule has 0 spiro atoms. The van der Waals surface area contributed by atoms with E-state index in [1.165, 1.54) is 12.1 Å². The summed E-state index contributed by atoms with van der Waals surface area (Å²) < 4.78 is 31.6. The van der Waals surface area contributed by atoms with Gasteiger partial charge in [-0.2, -0.15) is 0 Å². The van der Waals surface area contributed by atoms with Gasteiger partial charge in [-0.05, 0) is 23.6 Å². The molecule has 108 valence electrons. The molecule has 7 heteroatoms. The summed E-state index contributed by atoms with van der Waals surface area (Å²) in [5.41, 5.74) is 6.19. The zero-order valence-electron chi connectivity index (χ0n) is 11.0. The first kappa shape index (κ1) is 16.4. The molecule has 1 rings (SSSR count). The summed E-state index contributed by atoms with van der Waals surface area (Å²) in [6.45, 7) is 2.98. The molecule has 0 saturated heterocycles. The molecule has 0 aliphatic heterocycles. The molecule has 0 radical (unpaired) electrons. The molecule has 1 unspecified atom stereocenters. The summed E-state index contributed by atoms with van der Waals surface area (Å²) in [5.74, 6) is 0.0959. The summed E-state index contributed by atoms with van der Waals surface area (Å²) >= 11 is 5.96. The highest BCUT2D eigenvalue weighted by Crippen LogP contribution is 2.20. The second kappa shape index (κ2) is 7.21. The Balaban J connectivity index is 2.80. The van der Waals surface area contributed by atoms with Gasteiger partial charge in [0.25, 0.3) is 0 Å². The van der Waals surface area contributed by atoms with Crippen LogP contribution in [0.4, 0.5) is 0 Å². The van der Waals surface area contributed by atoms with E-state index in [1.54, 1.807) is 13.2 Å². The lowest BCUT2D eigenvalue weighted by molar-refractivity contribution is 0.161. The fourth-order valence-corrected chi connectivity index (χ4v) is 3.05. The van der Waals surface area contributed by atoms with Crippen molar-refractivity contribution >= 4 is 21.6 Å². The fourth-order valence-electron chi connectivity index (χ4n) is 1.54. The highest BCUT2D eigenvalue weighted by Gasteiger charge is 2.16. The topological polar surface area (TPSA) is 81.4 Å². The van der Waals surface area contributed by atoms with Crippen molar-refractivity contribution < 1.29 is 13.2 Å². The largest absolute Gasteiger partial charge is 0.384 e. The third-order valence-corrected chi connectivity index (χ3v) is 4.40. The van der Waals surface area contributed by atoms with Gasteiger partial charge in [-0.1, -0.05) is 24.6 Å². The molecular weight excluding hydrogens is 288 g/mol. The number of ether oxygens (including phenoxy) is 1. The third-order valence-electron chi connectivity index (χ3n) is 2.63. The van der Waals surface area contributed by atoms with Crippen molar-refractivity contribution in [2.24, 2.45) is 11.7 Å². The Morgan fingerprint density at radius 2 is 2.16 bits per heavy atom. The first-order valence-electron chi connectivity index (χ1n) is 5.87. The normalized spacial score (nSPS) is 13.5. The van der Waals surface area contributed by atoms with Crippen molar-refractivity contribution in [2.75, 3.05) is 20.3 Å². The molecule has 3 N–H and O–H groups in total. The number of nitrogens with two attached hydrogens (primary N) is 1. The molecule has 1 atom stereocenters. The minimum atomic E-state index is -3.55. The Morgan fingerprint density at radius 3 is 2.68 bits per heavy atom. The molecule has 1 aromatic rings. The van der Waals surface area contributed by atoms with E-state index in [0.717, 1.165) is 0 Å². The second-order valence-electron chi connectivity index (χ2n) is 4.37. The quantitative estimate of drug-likeness (QED) is 0.797. The Kier molecular flexibility index (Phi) is 6.22. The number of halogens is 1. The van der Waals surface area contributed by atoms with E-state index in [-0.39, 0.29) is 17.4 Å². The lowest BCUT2D eigenvalue weighted by Gasteiger charge is -2.12. The summed E-state index contributed by atoms with van der Waals surface area (Å²) in [5, 5.41) is 0.357. The minimum Gasteiger partial charge on any atom is -0.384 e. The lowest BCUT2D eigenvalue weighted by atomic mass is 10.2. The molecular formula is C12H19ClN2O3S. The molecule has 0 amide bonds. The number of methoxy groups -OCH3 is 1. The Labute approximate surface area is 119 Å². The number of sulfonamides is 1. The van der Waals surface area contributed by atoms with Crippen LogP contribution in [0.5, 0.6) is 0 Å². The molecule has 0 saturated carbocycles. The molecule has 0 aliphatic carbocycles. The average molecular weight is 307 g/mol. The van der Waals surface area contributed by atoms with E-state index in [2.05, 4.69) is 4.72 Å². The third kappa shape index (κ3) is 4.74. The van der Waals surface area contributed by atoms with Crippen LogP contribution in [0.25, 0.3) is 0 Å². The van der Waals surface area contributed by atoms with Crippen LogP contribution >= 0.6 is 11.6 Å². The van der Waals surface area contributed by atoms with Gasteiger partial charge in [0.15, 0.2) is 0 Å². The zero-order chi connectivity index (χ0) is 14.5. The van der Waals surface area contributed by atoms with Gasteiger partial charge in [0, 0.05) is 31.8 Å². The highest BCUT2D eigenvalue weighted by atomic mass is 35.5. The van der Waals surface area contributed by atoms with Crippen LogP contribution in [0.15, 0.2) is 23.1 Å². The van der Waals surface area contributed by atoms with Crippen molar-refractivity contribution in [1.82, 2.24) is 4.72 Å².